The molecular formula is C16H33N3O. The summed E-state index contributed by atoms with van der Waals surface area (Å²) in [6, 6.07) is 0. The highest BCUT2D eigenvalue weighted by Gasteiger charge is 2.22. The molecule has 0 aromatic heterocycles. The van der Waals surface area contributed by atoms with Gasteiger partial charge in [-0.25, -0.2) is 0 Å². The molecule has 0 aliphatic carbocycles. The van der Waals surface area contributed by atoms with Gasteiger partial charge in [0.15, 0.2) is 0 Å². The molecule has 2 fully saturated rings. The van der Waals surface area contributed by atoms with Crippen molar-refractivity contribution in [2.45, 2.75) is 26.2 Å². The van der Waals surface area contributed by atoms with Gasteiger partial charge in [0.2, 0.25) is 0 Å². The van der Waals surface area contributed by atoms with E-state index in [1.165, 1.54) is 71.6 Å². The standard InChI is InChI=1S/C16H33N3O/c1-3-20-14-4-7-18-10-12-19(13-11-18)15-16-5-8-17(2)9-6-16/h16H,3-15H2,1-2H3. The van der Waals surface area contributed by atoms with Gasteiger partial charge in [-0.3, -0.25) is 0 Å². The van der Waals surface area contributed by atoms with Crippen molar-refractivity contribution in [3.63, 3.8) is 0 Å². The molecule has 2 heterocycles. The Labute approximate surface area is 125 Å². The predicted octanol–water partition coefficient (Wildman–Crippen LogP) is 1.37. The summed E-state index contributed by atoms with van der Waals surface area (Å²) in [5.74, 6) is 0.940. The van der Waals surface area contributed by atoms with Crippen molar-refractivity contribution in [3.8, 4) is 0 Å². The van der Waals surface area contributed by atoms with Crippen LogP contribution < -0.4 is 0 Å². The highest BCUT2D eigenvalue weighted by Crippen LogP contribution is 2.18. The smallest absolute Gasteiger partial charge is 0.0478 e. The van der Waals surface area contributed by atoms with Gasteiger partial charge in [-0.05, 0) is 52.2 Å². The van der Waals surface area contributed by atoms with Crippen LogP contribution in [0.5, 0.6) is 0 Å². The Hall–Kier alpha value is -0.160. The van der Waals surface area contributed by atoms with Crippen LogP contribution in [-0.4, -0.2) is 87.3 Å². The maximum absolute atomic E-state index is 5.41. The summed E-state index contributed by atoms with van der Waals surface area (Å²) in [5.41, 5.74) is 0. The lowest BCUT2D eigenvalue weighted by Crippen LogP contribution is -2.48. The van der Waals surface area contributed by atoms with E-state index >= 15 is 0 Å². The molecule has 0 spiro atoms. The molecule has 4 heteroatoms. The lowest BCUT2D eigenvalue weighted by molar-refractivity contribution is 0.0873. The van der Waals surface area contributed by atoms with E-state index in [0.717, 1.165) is 19.1 Å². The van der Waals surface area contributed by atoms with Gasteiger partial charge >= 0.3 is 0 Å². The maximum atomic E-state index is 5.41. The largest absolute Gasteiger partial charge is 0.382 e. The third-order valence-corrected chi connectivity index (χ3v) is 4.79. The van der Waals surface area contributed by atoms with Crippen molar-refractivity contribution in [3.05, 3.63) is 0 Å². The quantitative estimate of drug-likeness (QED) is 0.657. The van der Waals surface area contributed by atoms with Gasteiger partial charge in [0.25, 0.3) is 0 Å². The monoisotopic (exact) mass is 283 g/mol. The Bertz CT molecular complexity index is 246. The number of hydrogen-bond acceptors (Lipinski definition) is 4. The third-order valence-electron chi connectivity index (χ3n) is 4.79. The average molecular weight is 283 g/mol. The topological polar surface area (TPSA) is 19.0 Å². The van der Waals surface area contributed by atoms with Crippen molar-refractivity contribution in [1.29, 1.82) is 0 Å². The number of nitrogens with zero attached hydrogens (tertiary/aromatic N) is 3. The molecule has 2 rings (SSSR count). The summed E-state index contributed by atoms with van der Waals surface area (Å²) >= 11 is 0. The molecule has 0 N–H and O–H groups in total. The van der Waals surface area contributed by atoms with Crippen LogP contribution in [0.25, 0.3) is 0 Å². The van der Waals surface area contributed by atoms with E-state index in [2.05, 4.69) is 28.7 Å². The van der Waals surface area contributed by atoms with Crippen LogP contribution in [0, 0.1) is 5.92 Å². The number of piperazine rings is 1. The van der Waals surface area contributed by atoms with E-state index in [9.17, 15) is 0 Å². The first kappa shape index (κ1) is 16.2. The molecule has 4 nitrogen and oxygen atoms in total. The van der Waals surface area contributed by atoms with Crippen molar-refractivity contribution in [2.24, 2.45) is 5.92 Å². The van der Waals surface area contributed by atoms with E-state index in [-0.39, 0.29) is 0 Å². The van der Waals surface area contributed by atoms with Crippen molar-refractivity contribution in [1.82, 2.24) is 14.7 Å². The predicted molar refractivity (Wildman–Crippen MR) is 84.2 cm³/mol. The van der Waals surface area contributed by atoms with Gasteiger partial charge in [-0.15, -0.1) is 0 Å². The molecule has 0 bridgehead atoms. The molecule has 20 heavy (non-hydrogen) atoms. The second-order valence-electron chi connectivity index (χ2n) is 6.44. The average Bonchev–Trinajstić information content (AvgIpc) is 2.48. The van der Waals surface area contributed by atoms with E-state index in [0.29, 0.717) is 0 Å². The molecule has 0 amide bonds. The van der Waals surface area contributed by atoms with Crippen LogP contribution in [-0.2, 0) is 4.74 Å². The highest BCUT2D eigenvalue weighted by molar-refractivity contribution is 4.77. The van der Waals surface area contributed by atoms with Crippen LogP contribution in [0.3, 0.4) is 0 Å². The second-order valence-corrected chi connectivity index (χ2v) is 6.44. The Morgan fingerprint density at radius 3 is 2.25 bits per heavy atom. The van der Waals surface area contributed by atoms with Gasteiger partial charge in [-0.2, -0.15) is 0 Å². The minimum atomic E-state index is 0.852. The lowest BCUT2D eigenvalue weighted by Gasteiger charge is -2.38. The molecule has 2 aliphatic heterocycles. The zero-order valence-electron chi connectivity index (χ0n) is 13.5. The first-order chi connectivity index (χ1) is 9.78. The third kappa shape index (κ3) is 5.68. The first-order valence-corrected chi connectivity index (χ1v) is 8.49. The number of ether oxygens (including phenoxy) is 1. The fourth-order valence-corrected chi connectivity index (χ4v) is 3.34. The molecule has 0 radical (unpaired) electrons. The zero-order chi connectivity index (χ0) is 14.2. The SMILES string of the molecule is CCOCCCN1CCN(CC2CCN(C)CC2)CC1. The zero-order valence-corrected chi connectivity index (χ0v) is 13.5. The van der Waals surface area contributed by atoms with Crippen LogP contribution in [0.15, 0.2) is 0 Å². The molecule has 118 valence electrons. The van der Waals surface area contributed by atoms with E-state index < -0.39 is 0 Å². The Morgan fingerprint density at radius 1 is 0.950 bits per heavy atom. The van der Waals surface area contributed by atoms with Crippen molar-refractivity contribution < 1.29 is 4.74 Å². The Balaban J connectivity index is 1.55. The summed E-state index contributed by atoms with van der Waals surface area (Å²) in [5, 5.41) is 0. The fraction of sp³-hybridized carbons (Fsp3) is 1.00. The summed E-state index contributed by atoms with van der Waals surface area (Å²) in [7, 11) is 2.25. The first-order valence-electron chi connectivity index (χ1n) is 8.49. The minimum Gasteiger partial charge on any atom is -0.382 e. The molecule has 0 unspecified atom stereocenters. The minimum absolute atomic E-state index is 0.852. The van der Waals surface area contributed by atoms with E-state index in [4.69, 9.17) is 4.74 Å². The number of hydrogen-bond donors (Lipinski definition) is 0. The molecular weight excluding hydrogens is 250 g/mol. The highest BCUT2D eigenvalue weighted by atomic mass is 16.5. The van der Waals surface area contributed by atoms with Crippen LogP contribution in [0.2, 0.25) is 0 Å². The van der Waals surface area contributed by atoms with Crippen LogP contribution >= 0.6 is 0 Å². The van der Waals surface area contributed by atoms with E-state index in [1.807, 2.05) is 0 Å². The number of piperidine rings is 1. The van der Waals surface area contributed by atoms with Crippen LogP contribution in [0.4, 0.5) is 0 Å². The lowest BCUT2D eigenvalue weighted by atomic mass is 9.96. The molecule has 2 aliphatic rings. The van der Waals surface area contributed by atoms with Gasteiger partial charge in [0, 0.05) is 52.5 Å². The van der Waals surface area contributed by atoms with Gasteiger partial charge in [-0.1, -0.05) is 0 Å². The molecule has 0 aromatic carbocycles. The van der Waals surface area contributed by atoms with Gasteiger partial charge < -0.3 is 19.4 Å². The van der Waals surface area contributed by atoms with Crippen molar-refractivity contribution in [2.75, 3.05) is 72.6 Å². The Kier molecular flexibility index (Phi) is 7.28. The van der Waals surface area contributed by atoms with Gasteiger partial charge in [0.05, 0.1) is 0 Å². The van der Waals surface area contributed by atoms with Crippen molar-refractivity contribution >= 4 is 0 Å². The summed E-state index contributed by atoms with van der Waals surface area (Å²) in [6.07, 6.45) is 3.97. The van der Waals surface area contributed by atoms with Gasteiger partial charge in [0.1, 0.15) is 0 Å². The fourth-order valence-electron chi connectivity index (χ4n) is 3.34. The van der Waals surface area contributed by atoms with Crippen LogP contribution in [0.1, 0.15) is 26.2 Å². The molecule has 0 aromatic rings. The molecule has 2 saturated heterocycles. The number of rotatable bonds is 7. The second kappa shape index (κ2) is 8.98. The normalized spacial score (nSPS) is 24.3. The summed E-state index contributed by atoms with van der Waals surface area (Å²) in [6.45, 7) is 14.0. The summed E-state index contributed by atoms with van der Waals surface area (Å²) < 4.78 is 5.41. The molecule has 0 saturated carbocycles. The van der Waals surface area contributed by atoms with E-state index in [1.54, 1.807) is 0 Å². The summed E-state index contributed by atoms with van der Waals surface area (Å²) in [4.78, 5) is 7.76. The maximum Gasteiger partial charge on any atom is 0.0478 e. The Morgan fingerprint density at radius 2 is 1.60 bits per heavy atom. The molecule has 0 atom stereocenters. The number of likely N-dealkylation sites (tertiary alicyclic amines) is 1.